The number of urea groups is 1. The first-order valence-corrected chi connectivity index (χ1v) is 8.52. The number of hydrogen-bond donors (Lipinski definition) is 2. The number of carbonyl (C=O) groups excluding carboxylic acids is 1. The molecule has 0 aliphatic carbocycles. The zero-order valence-corrected chi connectivity index (χ0v) is 14.3. The minimum Gasteiger partial charge on any atom is -0.388 e. The molecule has 1 atom stereocenters. The molecule has 0 spiro atoms. The molecule has 2 N–H and O–H groups in total. The molecule has 1 aliphatic heterocycles. The number of likely N-dealkylation sites (tertiary alicyclic amines) is 1. The molecule has 7 nitrogen and oxygen atoms in total. The number of hydrogen-bond acceptors (Lipinski definition) is 4. The van der Waals surface area contributed by atoms with E-state index >= 15 is 0 Å². The number of nitrogens with zero attached hydrogens (tertiary/aromatic N) is 4. The number of amides is 2. The molecule has 7 heteroatoms. The van der Waals surface area contributed by atoms with Crippen LogP contribution in [-0.4, -0.2) is 55.4 Å². The summed E-state index contributed by atoms with van der Waals surface area (Å²) in [7, 11) is 0. The van der Waals surface area contributed by atoms with Gasteiger partial charge in [-0.05, 0) is 45.2 Å². The van der Waals surface area contributed by atoms with Crippen LogP contribution in [0.2, 0.25) is 0 Å². The van der Waals surface area contributed by atoms with Crippen molar-refractivity contribution in [2.45, 2.75) is 51.2 Å². The van der Waals surface area contributed by atoms with Crippen LogP contribution in [0.4, 0.5) is 4.79 Å². The summed E-state index contributed by atoms with van der Waals surface area (Å²) in [5.74, 6) is 0.899. The molecule has 0 aromatic carbocycles. The Balaban J connectivity index is 1.49. The zero-order valence-electron chi connectivity index (χ0n) is 14.3. The van der Waals surface area contributed by atoms with E-state index in [1.807, 2.05) is 28.8 Å². The molecule has 0 bridgehead atoms. The summed E-state index contributed by atoms with van der Waals surface area (Å²) in [4.78, 5) is 14.1. The van der Waals surface area contributed by atoms with Gasteiger partial charge in [-0.25, -0.2) is 4.79 Å². The molecular formula is C17H25N5O2. The van der Waals surface area contributed by atoms with Gasteiger partial charge in [-0.1, -0.05) is 6.07 Å². The van der Waals surface area contributed by atoms with E-state index in [0.717, 1.165) is 37.2 Å². The summed E-state index contributed by atoms with van der Waals surface area (Å²) < 4.78 is 1.96. The van der Waals surface area contributed by atoms with Gasteiger partial charge in [0.1, 0.15) is 5.82 Å². The topological polar surface area (TPSA) is 82.8 Å². The quantitative estimate of drug-likeness (QED) is 0.816. The second-order valence-corrected chi connectivity index (χ2v) is 6.89. The van der Waals surface area contributed by atoms with E-state index < -0.39 is 5.60 Å². The molecule has 0 unspecified atom stereocenters. The van der Waals surface area contributed by atoms with Crippen LogP contribution in [0.15, 0.2) is 24.4 Å². The maximum absolute atomic E-state index is 12.3. The molecule has 130 valence electrons. The van der Waals surface area contributed by atoms with Crippen LogP contribution in [0.1, 0.15) is 38.9 Å². The highest BCUT2D eigenvalue weighted by atomic mass is 16.3. The van der Waals surface area contributed by atoms with Gasteiger partial charge in [0.05, 0.1) is 11.6 Å². The third-order valence-corrected chi connectivity index (χ3v) is 4.57. The fourth-order valence-electron chi connectivity index (χ4n) is 3.35. The van der Waals surface area contributed by atoms with Crippen LogP contribution in [0.3, 0.4) is 0 Å². The van der Waals surface area contributed by atoms with Crippen LogP contribution >= 0.6 is 0 Å². The van der Waals surface area contributed by atoms with Gasteiger partial charge < -0.3 is 15.3 Å². The zero-order chi connectivity index (χ0) is 17.2. The average molecular weight is 331 g/mol. The molecule has 1 saturated heterocycles. The lowest BCUT2D eigenvalue weighted by atomic mass is 9.97. The second-order valence-electron chi connectivity index (χ2n) is 6.89. The molecule has 2 aromatic rings. The number of fused-ring (bicyclic) bond motifs is 1. The molecule has 2 aromatic heterocycles. The van der Waals surface area contributed by atoms with E-state index in [2.05, 4.69) is 15.5 Å². The SMILES string of the molecule is CC(C)(O)[C@@H]1CCCN1C(=O)NCCCc1nnc2ccccn12. The van der Waals surface area contributed by atoms with Gasteiger partial charge in [-0.2, -0.15) is 0 Å². The first kappa shape index (κ1) is 16.7. The average Bonchev–Trinajstić information content (AvgIpc) is 3.18. The number of aliphatic hydroxyl groups is 1. The number of aromatic nitrogens is 3. The van der Waals surface area contributed by atoms with Gasteiger partial charge in [0.25, 0.3) is 0 Å². The summed E-state index contributed by atoms with van der Waals surface area (Å²) in [5, 5.41) is 21.5. The maximum atomic E-state index is 12.3. The predicted molar refractivity (Wildman–Crippen MR) is 90.7 cm³/mol. The predicted octanol–water partition coefficient (Wildman–Crippen LogP) is 1.61. The van der Waals surface area contributed by atoms with Gasteiger partial charge >= 0.3 is 6.03 Å². The minimum atomic E-state index is -0.867. The van der Waals surface area contributed by atoms with Crippen molar-refractivity contribution < 1.29 is 9.90 Å². The van der Waals surface area contributed by atoms with E-state index in [0.29, 0.717) is 13.1 Å². The molecule has 24 heavy (non-hydrogen) atoms. The van der Waals surface area contributed by atoms with Crippen LogP contribution in [0.25, 0.3) is 5.65 Å². The number of pyridine rings is 1. The number of aryl methyl sites for hydroxylation is 1. The van der Waals surface area contributed by atoms with Crippen LogP contribution < -0.4 is 5.32 Å². The Hall–Kier alpha value is -2.15. The summed E-state index contributed by atoms with van der Waals surface area (Å²) in [6.45, 7) is 4.81. The molecular weight excluding hydrogens is 306 g/mol. The Morgan fingerprint density at radius 1 is 1.42 bits per heavy atom. The highest BCUT2D eigenvalue weighted by Gasteiger charge is 2.38. The van der Waals surface area contributed by atoms with E-state index in [4.69, 9.17) is 0 Å². The second kappa shape index (κ2) is 6.76. The molecule has 3 heterocycles. The van der Waals surface area contributed by atoms with Gasteiger partial charge in [0.2, 0.25) is 0 Å². The molecule has 0 saturated carbocycles. The maximum Gasteiger partial charge on any atom is 0.317 e. The standard InChI is InChI=1S/C17H25N5O2/c1-17(2,24)13-7-6-12-21(13)16(23)18-10-5-9-15-20-19-14-8-3-4-11-22(14)15/h3-4,8,11,13,24H,5-7,9-10,12H2,1-2H3,(H,18,23)/t13-/m0/s1. The fraction of sp³-hybridized carbons (Fsp3) is 0.588. The van der Waals surface area contributed by atoms with Crippen molar-refractivity contribution in [2.24, 2.45) is 0 Å². The smallest absolute Gasteiger partial charge is 0.317 e. The first-order chi connectivity index (χ1) is 11.5. The lowest BCUT2D eigenvalue weighted by molar-refractivity contribution is 0.00985. The summed E-state index contributed by atoms with van der Waals surface area (Å²) in [5.41, 5.74) is -0.0320. The third kappa shape index (κ3) is 3.51. The van der Waals surface area contributed by atoms with Crippen molar-refractivity contribution >= 4 is 11.7 Å². The normalized spacial score (nSPS) is 18.3. The summed E-state index contributed by atoms with van der Waals surface area (Å²) >= 11 is 0. The Bertz CT molecular complexity index is 706. The lowest BCUT2D eigenvalue weighted by Gasteiger charge is -2.33. The van der Waals surface area contributed by atoms with Crippen molar-refractivity contribution in [3.05, 3.63) is 30.2 Å². The van der Waals surface area contributed by atoms with Crippen LogP contribution in [-0.2, 0) is 6.42 Å². The van der Waals surface area contributed by atoms with E-state index in [9.17, 15) is 9.90 Å². The van der Waals surface area contributed by atoms with Crippen molar-refractivity contribution in [1.29, 1.82) is 0 Å². The molecule has 1 aliphatic rings. The highest BCUT2D eigenvalue weighted by molar-refractivity contribution is 5.75. The third-order valence-electron chi connectivity index (χ3n) is 4.57. The van der Waals surface area contributed by atoms with E-state index in [1.54, 1.807) is 18.7 Å². The van der Waals surface area contributed by atoms with Crippen molar-refractivity contribution in [1.82, 2.24) is 24.8 Å². The molecule has 1 fully saturated rings. The fourth-order valence-corrected chi connectivity index (χ4v) is 3.35. The minimum absolute atomic E-state index is 0.0919. The Morgan fingerprint density at radius 3 is 3.04 bits per heavy atom. The summed E-state index contributed by atoms with van der Waals surface area (Å²) in [6.07, 6.45) is 5.28. The number of carbonyl (C=O) groups is 1. The van der Waals surface area contributed by atoms with Gasteiger partial charge in [0, 0.05) is 25.7 Å². The number of rotatable bonds is 5. The van der Waals surface area contributed by atoms with Gasteiger partial charge in [-0.15, -0.1) is 10.2 Å². The highest BCUT2D eigenvalue weighted by Crippen LogP contribution is 2.26. The molecule has 2 amide bonds. The van der Waals surface area contributed by atoms with Crippen molar-refractivity contribution in [3.8, 4) is 0 Å². The largest absolute Gasteiger partial charge is 0.388 e. The van der Waals surface area contributed by atoms with Gasteiger partial charge in [-0.3, -0.25) is 4.40 Å². The molecule has 0 radical (unpaired) electrons. The monoisotopic (exact) mass is 331 g/mol. The lowest BCUT2D eigenvalue weighted by Crippen LogP contribution is -2.51. The Kier molecular flexibility index (Phi) is 4.71. The van der Waals surface area contributed by atoms with Crippen LogP contribution in [0, 0.1) is 0 Å². The van der Waals surface area contributed by atoms with Crippen molar-refractivity contribution in [2.75, 3.05) is 13.1 Å². The van der Waals surface area contributed by atoms with Gasteiger partial charge in [0.15, 0.2) is 5.65 Å². The summed E-state index contributed by atoms with van der Waals surface area (Å²) in [6, 6.07) is 5.60. The number of nitrogens with one attached hydrogen (secondary N) is 1. The first-order valence-electron chi connectivity index (χ1n) is 8.52. The van der Waals surface area contributed by atoms with Crippen molar-refractivity contribution in [3.63, 3.8) is 0 Å². The van der Waals surface area contributed by atoms with E-state index in [-0.39, 0.29) is 12.1 Å². The van der Waals surface area contributed by atoms with E-state index in [1.165, 1.54) is 0 Å². The Morgan fingerprint density at radius 2 is 2.25 bits per heavy atom. The Labute approximate surface area is 141 Å². The molecule has 3 rings (SSSR count). The van der Waals surface area contributed by atoms with Crippen LogP contribution in [0.5, 0.6) is 0 Å².